The quantitative estimate of drug-likeness (QED) is 0.484. The van der Waals surface area contributed by atoms with Crippen LogP contribution in [-0.2, 0) is 14.8 Å². The average Bonchev–Trinajstić information content (AvgIpc) is 2.73. The number of nitro groups is 1. The van der Waals surface area contributed by atoms with Gasteiger partial charge in [-0.2, -0.15) is 9.41 Å². The second-order valence-corrected chi connectivity index (χ2v) is 8.44. The lowest BCUT2D eigenvalue weighted by molar-refractivity contribution is -0.384. The van der Waals surface area contributed by atoms with Gasteiger partial charge in [-0.25, -0.2) is 13.2 Å². The SMILES string of the molecule is CCOC(=O)N1CCC(=NNc2ccc(S(=O)(=O)N(CC)CC)cc2[N+](=O)[O-])CC1. The van der Waals surface area contributed by atoms with Crippen molar-refractivity contribution in [3.05, 3.63) is 28.3 Å². The van der Waals surface area contributed by atoms with Gasteiger partial charge in [0.15, 0.2) is 0 Å². The van der Waals surface area contributed by atoms with Crippen LogP contribution >= 0.6 is 0 Å². The number of carbonyl (C=O) groups is 1. The van der Waals surface area contributed by atoms with Crippen LogP contribution in [0.5, 0.6) is 0 Å². The van der Waals surface area contributed by atoms with Crippen LogP contribution in [0.2, 0.25) is 0 Å². The fourth-order valence-electron chi connectivity index (χ4n) is 3.04. The Morgan fingerprint density at radius 2 is 1.90 bits per heavy atom. The number of piperidine rings is 1. The number of nitro benzene ring substituents is 1. The number of sulfonamides is 1. The van der Waals surface area contributed by atoms with Crippen molar-refractivity contribution in [2.24, 2.45) is 5.10 Å². The third-order valence-corrected chi connectivity index (χ3v) is 6.76. The number of anilines is 1. The number of hydrogen-bond acceptors (Lipinski definition) is 8. The lowest BCUT2D eigenvalue weighted by Gasteiger charge is -2.26. The summed E-state index contributed by atoms with van der Waals surface area (Å²) in [6.07, 6.45) is 0.646. The second kappa shape index (κ2) is 10.3. The van der Waals surface area contributed by atoms with Crippen molar-refractivity contribution >= 4 is 33.2 Å². The van der Waals surface area contributed by atoms with Gasteiger partial charge in [0.2, 0.25) is 10.0 Å². The molecule has 1 saturated heterocycles. The number of amides is 1. The van der Waals surface area contributed by atoms with Crippen LogP contribution in [0.15, 0.2) is 28.2 Å². The van der Waals surface area contributed by atoms with E-state index in [9.17, 15) is 23.3 Å². The average molecular weight is 442 g/mol. The van der Waals surface area contributed by atoms with E-state index in [4.69, 9.17) is 4.74 Å². The maximum atomic E-state index is 12.6. The highest BCUT2D eigenvalue weighted by molar-refractivity contribution is 7.89. The fourth-order valence-corrected chi connectivity index (χ4v) is 4.52. The summed E-state index contributed by atoms with van der Waals surface area (Å²) >= 11 is 0. The molecule has 0 aliphatic carbocycles. The zero-order chi connectivity index (χ0) is 22.3. The van der Waals surface area contributed by atoms with Gasteiger partial charge in [0, 0.05) is 50.8 Å². The smallest absolute Gasteiger partial charge is 0.409 e. The first-order chi connectivity index (χ1) is 14.2. The van der Waals surface area contributed by atoms with Crippen LogP contribution < -0.4 is 5.43 Å². The van der Waals surface area contributed by atoms with Crippen LogP contribution in [0, 0.1) is 10.1 Å². The molecule has 1 aliphatic rings. The van der Waals surface area contributed by atoms with Crippen molar-refractivity contribution in [3.8, 4) is 0 Å². The van der Waals surface area contributed by atoms with Crippen molar-refractivity contribution in [2.75, 3.05) is 38.2 Å². The van der Waals surface area contributed by atoms with Crippen LogP contribution in [0.25, 0.3) is 0 Å². The maximum absolute atomic E-state index is 12.6. The summed E-state index contributed by atoms with van der Waals surface area (Å²) in [5.74, 6) is 0. The molecule has 0 spiro atoms. The van der Waals surface area contributed by atoms with Crippen LogP contribution in [0.1, 0.15) is 33.6 Å². The predicted molar refractivity (Wildman–Crippen MR) is 112 cm³/mol. The van der Waals surface area contributed by atoms with E-state index in [0.717, 1.165) is 11.8 Å². The maximum Gasteiger partial charge on any atom is 0.409 e. The van der Waals surface area contributed by atoms with Crippen molar-refractivity contribution in [2.45, 2.75) is 38.5 Å². The molecule has 0 unspecified atom stereocenters. The summed E-state index contributed by atoms with van der Waals surface area (Å²) in [5.41, 5.74) is 3.14. The number of likely N-dealkylation sites (tertiary alicyclic amines) is 1. The molecule has 0 saturated carbocycles. The van der Waals surface area contributed by atoms with E-state index < -0.39 is 14.9 Å². The summed E-state index contributed by atoms with van der Waals surface area (Å²) in [7, 11) is -3.81. The molecule has 0 bridgehead atoms. The molecule has 1 aliphatic heterocycles. The largest absolute Gasteiger partial charge is 0.450 e. The summed E-state index contributed by atoms with van der Waals surface area (Å²) in [6.45, 7) is 6.88. The van der Waals surface area contributed by atoms with Crippen LogP contribution in [-0.4, -0.2) is 67.1 Å². The Bertz CT molecular complexity index is 904. The number of ether oxygens (including phenoxy) is 1. The summed E-state index contributed by atoms with van der Waals surface area (Å²) in [5, 5.41) is 15.7. The topological polar surface area (TPSA) is 134 Å². The monoisotopic (exact) mass is 441 g/mol. The highest BCUT2D eigenvalue weighted by Crippen LogP contribution is 2.29. The number of nitrogens with one attached hydrogen (secondary N) is 1. The van der Waals surface area contributed by atoms with Crippen LogP contribution in [0.3, 0.4) is 0 Å². The Balaban J connectivity index is 2.16. The van der Waals surface area contributed by atoms with Gasteiger partial charge < -0.3 is 9.64 Å². The minimum atomic E-state index is -3.81. The van der Waals surface area contributed by atoms with E-state index in [1.807, 2.05) is 0 Å². The molecule has 1 N–H and O–H groups in total. The Kier molecular flexibility index (Phi) is 8.12. The van der Waals surface area contributed by atoms with E-state index >= 15 is 0 Å². The van der Waals surface area contributed by atoms with Gasteiger partial charge in [0.1, 0.15) is 5.69 Å². The Morgan fingerprint density at radius 3 is 2.43 bits per heavy atom. The van der Waals surface area contributed by atoms with Gasteiger partial charge in [-0.15, -0.1) is 0 Å². The zero-order valence-corrected chi connectivity index (χ0v) is 18.1. The van der Waals surface area contributed by atoms with Crippen molar-refractivity contribution in [1.29, 1.82) is 0 Å². The van der Waals surface area contributed by atoms with Crippen molar-refractivity contribution < 1.29 is 22.9 Å². The van der Waals surface area contributed by atoms with Gasteiger partial charge in [-0.1, -0.05) is 13.8 Å². The molecule has 0 atom stereocenters. The first kappa shape index (κ1) is 23.5. The molecule has 166 valence electrons. The zero-order valence-electron chi connectivity index (χ0n) is 17.3. The van der Waals surface area contributed by atoms with E-state index in [0.29, 0.717) is 32.5 Å². The molecule has 1 aromatic carbocycles. The summed E-state index contributed by atoms with van der Waals surface area (Å²) in [6, 6.07) is 3.71. The van der Waals surface area contributed by atoms with E-state index in [-0.39, 0.29) is 35.5 Å². The first-order valence-corrected chi connectivity index (χ1v) is 11.2. The Hall–Kier alpha value is -2.73. The number of benzene rings is 1. The minimum absolute atomic E-state index is 0.0961. The third-order valence-electron chi connectivity index (χ3n) is 4.71. The highest BCUT2D eigenvalue weighted by atomic mass is 32.2. The van der Waals surface area contributed by atoms with Crippen molar-refractivity contribution in [1.82, 2.24) is 9.21 Å². The number of carbonyl (C=O) groups excluding carboxylic acids is 1. The molecule has 30 heavy (non-hydrogen) atoms. The lowest BCUT2D eigenvalue weighted by Crippen LogP contribution is -2.39. The van der Waals surface area contributed by atoms with Crippen LogP contribution in [0.4, 0.5) is 16.2 Å². The lowest BCUT2D eigenvalue weighted by atomic mass is 10.1. The molecule has 0 aromatic heterocycles. The highest BCUT2D eigenvalue weighted by Gasteiger charge is 2.26. The molecule has 0 radical (unpaired) electrons. The molecular weight excluding hydrogens is 414 g/mol. The molecule has 1 aromatic rings. The first-order valence-electron chi connectivity index (χ1n) is 9.76. The molecule has 12 heteroatoms. The van der Waals surface area contributed by atoms with Gasteiger partial charge >= 0.3 is 6.09 Å². The number of hydrogen-bond donors (Lipinski definition) is 1. The number of hydrazone groups is 1. The number of nitrogens with zero attached hydrogens (tertiary/aromatic N) is 4. The molecule has 11 nitrogen and oxygen atoms in total. The van der Waals surface area contributed by atoms with E-state index in [1.165, 1.54) is 16.4 Å². The van der Waals surface area contributed by atoms with Gasteiger partial charge in [0.05, 0.1) is 16.4 Å². The fraction of sp³-hybridized carbons (Fsp3) is 0.556. The van der Waals surface area contributed by atoms with Gasteiger partial charge in [-0.05, 0) is 19.1 Å². The molecule has 2 rings (SSSR count). The third kappa shape index (κ3) is 5.45. The normalized spacial score (nSPS) is 14.5. The van der Waals surface area contributed by atoms with Gasteiger partial charge in [0.25, 0.3) is 5.69 Å². The van der Waals surface area contributed by atoms with Crippen molar-refractivity contribution in [3.63, 3.8) is 0 Å². The molecule has 1 heterocycles. The predicted octanol–water partition coefficient (Wildman–Crippen LogP) is 2.65. The van der Waals surface area contributed by atoms with E-state index in [2.05, 4.69) is 10.5 Å². The van der Waals surface area contributed by atoms with E-state index in [1.54, 1.807) is 25.7 Å². The number of rotatable bonds is 8. The molecule has 1 amide bonds. The second-order valence-electron chi connectivity index (χ2n) is 6.50. The summed E-state index contributed by atoms with van der Waals surface area (Å²) in [4.78, 5) is 24.0. The standard InChI is InChI=1S/C18H27N5O6S/c1-4-22(5-2)30(27,28)15-7-8-16(17(13-15)23(25)26)20-19-14-9-11-21(12-10-14)18(24)29-6-3/h7-8,13,20H,4-6,9-12H2,1-3H3. The minimum Gasteiger partial charge on any atom is -0.450 e. The molecule has 1 fully saturated rings. The van der Waals surface area contributed by atoms with Gasteiger partial charge in [-0.3, -0.25) is 15.5 Å². The Labute approximate surface area is 175 Å². The Morgan fingerprint density at radius 1 is 1.27 bits per heavy atom. The molecular formula is C18H27N5O6S. The summed E-state index contributed by atoms with van der Waals surface area (Å²) < 4.78 is 31.5.